The molecule has 0 aromatic heterocycles. The van der Waals surface area contributed by atoms with Gasteiger partial charge in [0.2, 0.25) is 5.54 Å². The topological polar surface area (TPSA) is 32.3 Å². The molecule has 1 aliphatic carbocycles. The van der Waals surface area contributed by atoms with E-state index in [9.17, 15) is 18.0 Å². The van der Waals surface area contributed by atoms with Gasteiger partial charge in [0, 0.05) is 24.2 Å². The zero-order valence-corrected chi connectivity index (χ0v) is 11.3. The number of para-hydroxylation sites is 1. The number of anilines is 1. The number of hydrogen-bond donors (Lipinski definition) is 1. The molecule has 3 nitrogen and oxygen atoms in total. The molecule has 2 aliphatic rings. The van der Waals surface area contributed by atoms with Crippen LogP contribution in [0.25, 0.3) is 0 Å². The van der Waals surface area contributed by atoms with E-state index in [1.54, 1.807) is 6.07 Å². The predicted molar refractivity (Wildman–Crippen MR) is 71.5 cm³/mol. The van der Waals surface area contributed by atoms with Gasteiger partial charge in [0.25, 0.3) is 0 Å². The van der Waals surface area contributed by atoms with Crippen LogP contribution in [0.15, 0.2) is 24.3 Å². The molecule has 0 bridgehead atoms. The number of nitrogens with one attached hydrogen (secondary N) is 1. The van der Waals surface area contributed by atoms with Crippen LogP contribution in [-0.2, 0) is 5.54 Å². The van der Waals surface area contributed by atoms with Crippen LogP contribution in [0.5, 0.6) is 0 Å². The van der Waals surface area contributed by atoms with E-state index in [1.165, 1.54) is 18.2 Å². The van der Waals surface area contributed by atoms with Crippen molar-refractivity contribution in [1.82, 2.24) is 4.90 Å². The predicted octanol–water partition coefficient (Wildman–Crippen LogP) is 3.33. The number of amides is 2. The van der Waals surface area contributed by atoms with Gasteiger partial charge in [0.1, 0.15) is 0 Å². The van der Waals surface area contributed by atoms with Crippen molar-refractivity contribution in [2.24, 2.45) is 5.92 Å². The molecule has 3 rings (SSSR count). The smallest absolute Gasteiger partial charge is 0.307 e. The number of halogens is 3. The largest absolute Gasteiger partial charge is 0.427 e. The molecule has 1 fully saturated rings. The SMILES string of the molecule is CN1C(=O)Nc2ccccc2C1(C#CC1CC1)C(F)(F)F. The molecule has 1 aliphatic heterocycles. The Morgan fingerprint density at radius 1 is 1.33 bits per heavy atom. The van der Waals surface area contributed by atoms with Gasteiger partial charge in [-0.2, -0.15) is 13.2 Å². The zero-order valence-electron chi connectivity index (χ0n) is 11.3. The number of urea groups is 1. The Bertz CT molecular complexity index is 655. The Hall–Kier alpha value is -2.16. The highest BCUT2D eigenvalue weighted by Gasteiger charge is 2.62. The number of carbonyl (C=O) groups excluding carboxylic acids is 1. The lowest BCUT2D eigenvalue weighted by Gasteiger charge is -2.43. The van der Waals surface area contributed by atoms with E-state index < -0.39 is 17.7 Å². The van der Waals surface area contributed by atoms with Crippen LogP contribution in [-0.4, -0.2) is 24.2 Å². The highest BCUT2D eigenvalue weighted by atomic mass is 19.4. The van der Waals surface area contributed by atoms with Crippen LogP contribution in [0, 0.1) is 17.8 Å². The third-order valence-electron chi connectivity index (χ3n) is 3.81. The van der Waals surface area contributed by atoms with Gasteiger partial charge in [-0.15, -0.1) is 0 Å². The minimum atomic E-state index is -4.68. The van der Waals surface area contributed by atoms with E-state index in [2.05, 4.69) is 17.2 Å². The van der Waals surface area contributed by atoms with Crippen LogP contribution < -0.4 is 5.32 Å². The van der Waals surface area contributed by atoms with Crippen molar-refractivity contribution in [3.05, 3.63) is 29.8 Å². The first-order valence-electron chi connectivity index (χ1n) is 6.60. The first kappa shape index (κ1) is 13.8. The van der Waals surface area contributed by atoms with E-state index in [0.717, 1.165) is 19.9 Å². The molecule has 0 saturated heterocycles. The van der Waals surface area contributed by atoms with E-state index in [4.69, 9.17) is 0 Å². The van der Waals surface area contributed by atoms with Gasteiger partial charge in [-0.1, -0.05) is 30.0 Å². The number of benzene rings is 1. The highest BCUT2D eigenvalue weighted by Crippen LogP contribution is 2.48. The standard InChI is InChI=1S/C15H13F3N2O/c1-20-13(21)19-12-5-3-2-4-11(12)14(20,15(16,17)18)9-8-10-6-7-10/h2-5,10H,6-7H2,1H3,(H,19,21). The molecule has 2 amide bonds. The summed E-state index contributed by atoms with van der Waals surface area (Å²) in [4.78, 5) is 12.6. The van der Waals surface area contributed by atoms with Crippen molar-refractivity contribution in [1.29, 1.82) is 0 Å². The Morgan fingerprint density at radius 2 is 2.00 bits per heavy atom. The van der Waals surface area contributed by atoms with Gasteiger partial charge < -0.3 is 5.32 Å². The monoisotopic (exact) mass is 294 g/mol. The summed E-state index contributed by atoms with van der Waals surface area (Å²) >= 11 is 0. The lowest BCUT2D eigenvalue weighted by Crippen LogP contribution is -2.59. The van der Waals surface area contributed by atoms with Crippen LogP contribution in [0.3, 0.4) is 0 Å². The fourth-order valence-corrected chi connectivity index (χ4v) is 2.44. The number of carbonyl (C=O) groups is 1. The average Bonchev–Trinajstić information content (AvgIpc) is 3.22. The van der Waals surface area contributed by atoms with Crippen molar-refractivity contribution in [3.8, 4) is 11.8 Å². The van der Waals surface area contributed by atoms with Gasteiger partial charge in [0.05, 0.1) is 0 Å². The van der Waals surface area contributed by atoms with Gasteiger partial charge >= 0.3 is 12.2 Å². The maximum absolute atomic E-state index is 13.8. The van der Waals surface area contributed by atoms with E-state index in [0.29, 0.717) is 4.90 Å². The van der Waals surface area contributed by atoms with E-state index in [1.807, 2.05) is 0 Å². The molecule has 110 valence electrons. The molecule has 1 heterocycles. The molecular formula is C15H13F3N2O. The number of nitrogens with zero attached hydrogens (tertiary/aromatic N) is 1. The van der Waals surface area contributed by atoms with Crippen LogP contribution in [0.1, 0.15) is 18.4 Å². The molecular weight excluding hydrogens is 281 g/mol. The molecule has 1 unspecified atom stereocenters. The number of alkyl halides is 3. The fraction of sp³-hybridized carbons (Fsp3) is 0.400. The third kappa shape index (κ3) is 2.04. The van der Waals surface area contributed by atoms with Gasteiger partial charge in [-0.3, -0.25) is 4.90 Å². The number of fused-ring (bicyclic) bond motifs is 1. The summed E-state index contributed by atoms with van der Waals surface area (Å²) in [6.45, 7) is 0. The summed E-state index contributed by atoms with van der Waals surface area (Å²) in [5.74, 6) is 5.05. The van der Waals surface area contributed by atoms with Gasteiger partial charge in [-0.05, 0) is 18.9 Å². The second-order valence-corrected chi connectivity index (χ2v) is 5.29. The van der Waals surface area contributed by atoms with Crippen LogP contribution in [0.2, 0.25) is 0 Å². The van der Waals surface area contributed by atoms with Gasteiger partial charge in [0.15, 0.2) is 0 Å². The number of rotatable bonds is 0. The maximum atomic E-state index is 13.8. The van der Waals surface area contributed by atoms with E-state index >= 15 is 0 Å². The first-order chi connectivity index (χ1) is 9.86. The lowest BCUT2D eigenvalue weighted by atomic mass is 9.85. The van der Waals surface area contributed by atoms with Crippen LogP contribution in [0.4, 0.5) is 23.7 Å². The number of hydrogen-bond acceptors (Lipinski definition) is 1. The van der Waals surface area contributed by atoms with Crippen molar-refractivity contribution in [2.45, 2.75) is 24.6 Å². The molecule has 6 heteroatoms. The third-order valence-corrected chi connectivity index (χ3v) is 3.81. The van der Waals surface area contributed by atoms with Crippen LogP contribution >= 0.6 is 0 Å². The Kier molecular flexibility index (Phi) is 2.90. The van der Waals surface area contributed by atoms with E-state index in [-0.39, 0.29) is 17.2 Å². The Labute approximate surface area is 120 Å². The minimum absolute atomic E-state index is 0.00905. The van der Waals surface area contributed by atoms with Crippen molar-refractivity contribution < 1.29 is 18.0 Å². The van der Waals surface area contributed by atoms with Crippen molar-refractivity contribution >= 4 is 11.7 Å². The molecule has 1 aromatic rings. The summed E-state index contributed by atoms with van der Waals surface area (Å²) in [5.41, 5.74) is -2.47. The molecule has 1 atom stereocenters. The fourth-order valence-electron chi connectivity index (χ4n) is 2.44. The minimum Gasteiger partial charge on any atom is -0.307 e. The first-order valence-corrected chi connectivity index (χ1v) is 6.60. The highest BCUT2D eigenvalue weighted by molar-refractivity contribution is 5.94. The molecule has 1 saturated carbocycles. The Morgan fingerprint density at radius 3 is 2.62 bits per heavy atom. The maximum Gasteiger partial charge on any atom is 0.427 e. The molecule has 0 radical (unpaired) electrons. The normalized spacial score (nSPS) is 24.8. The summed E-state index contributed by atoms with van der Waals surface area (Å²) in [6.07, 6.45) is -3.05. The zero-order chi connectivity index (χ0) is 15.3. The second kappa shape index (κ2) is 4.42. The molecule has 21 heavy (non-hydrogen) atoms. The van der Waals surface area contributed by atoms with Crippen molar-refractivity contribution in [3.63, 3.8) is 0 Å². The molecule has 1 N–H and O–H groups in total. The summed E-state index contributed by atoms with van der Waals surface area (Å²) in [5, 5.41) is 2.46. The quantitative estimate of drug-likeness (QED) is 0.731. The Balaban J connectivity index is 2.26. The summed E-state index contributed by atoms with van der Waals surface area (Å²) in [7, 11) is 1.13. The average molecular weight is 294 g/mol. The summed E-state index contributed by atoms with van der Waals surface area (Å²) < 4.78 is 41.5. The summed E-state index contributed by atoms with van der Waals surface area (Å²) in [6, 6.07) is 5.11. The second-order valence-electron chi connectivity index (χ2n) is 5.29. The van der Waals surface area contributed by atoms with Gasteiger partial charge in [-0.25, -0.2) is 4.79 Å². The molecule has 1 aromatic carbocycles. The van der Waals surface area contributed by atoms with Crippen molar-refractivity contribution in [2.75, 3.05) is 12.4 Å². The molecule has 0 spiro atoms. The lowest BCUT2D eigenvalue weighted by molar-refractivity contribution is -0.203.